The summed E-state index contributed by atoms with van der Waals surface area (Å²) in [5.74, 6) is -0.241. The molecule has 29 heavy (non-hydrogen) atoms. The van der Waals surface area contributed by atoms with Crippen LogP contribution in [-0.2, 0) is 12.8 Å². The minimum absolute atomic E-state index is 0.142. The number of amides is 1. The molecule has 0 radical (unpaired) electrons. The number of aromatic nitrogens is 2. The number of H-pyrrole nitrogens is 1. The molecule has 1 amide bonds. The van der Waals surface area contributed by atoms with Crippen LogP contribution in [0.2, 0.25) is 0 Å². The molecule has 0 bridgehead atoms. The van der Waals surface area contributed by atoms with Crippen molar-refractivity contribution >= 4 is 22.9 Å². The molecule has 5 rings (SSSR count). The van der Waals surface area contributed by atoms with E-state index in [9.17, 15) is 9.90 Å². The SMILES string of the molecule is O=C(N/N=C/c1cccc(O)c1)c1cc(-c2ccc3c4c(cccc24)CC3)n[nH]1. The molecular formula is C23H18N4O2. The predicted octanol–water partition coefficient (Wildman–Crippen LogP) is 3.80. The average molecular weight is 382 g/mol. The van der Waals surface area contributed by atoms with Crippen LogP contribution in [0.5, 0.6) is 5.75 Å². The molecule has 0 saturated carbocycles. The number of aromatic hydroxyl groups is 1. The van der Waals surface area contributed by atoms with E-state index in [0.29, 0.717) is 11.3 Å². The first-order valence-corrected chi connectivity index (χ1v) is 9.41. The van der Waals surface area contributed by atoms with Gasteiger partial charge >= 0.3 is 0 Å². The van der Waals surface area contributed by atoms with E-state index in [1.165, 1.54) is 22.7 Å². The lowest BCUT2D eigenvalue weighted by Crippen LogP contribution is -2.17. The zero-order valence-corrected chi connectivity index (χ0v) is 15.5. The van der Waals surface area contributed by atoms with Crippen LogP contribution in [0.3, 0.4) is 0 Å². The van der Waals surface area contributed by atoms with Crippen molar-refractivity contribution < 1.29 is 9.90 Å². The molecule has 0 fully saturated rings. The molecule has 0 aliphatic heterocycles. The third kappa shape index (κ3) is 3.14. The summed E-state index contributed by atoms with van der Waals surface area (Å²) >= 11 is 0. The minimum atomic E-state index is -0.383. The summed E-state index contributed by atoms with van der Waals surface area (Å²) in [5.41, 5.74) is 7.96. The summed E-state index contributed by atoms with van der Waals surface area (Å²) in [6.07, 6.45) is 3.61. The summed E-state index contributed by atoms with van der Waals surface area (Å²) in [6, 6.07) is 18.9. The largest absolute Gasteiger partial charge is 0.508 e. The van der Waals surface area contributed by atoms with Crippen LogP contribution in [0.1, 0.15) is 27.2 Å². The third-order valence-electron chi connectivity index (χ3n) is 5.23. The van der Waals surface area contributed by atoms with Gasteiger partial charge in [0, 0.05) is 5.56 Å². The Kier molecular flexibility index (Phi) is 4.09. The van der Waals surface area contributed by atoms with Gasteiger partial charge in [-0.15, -0.1) is 0 Å². The maximum Gasteiger partial charge on any atom is 0.289 e. The monoisotopic (exact) mass is 382 g/mol. The summed E-state index contributed by atoms with van der Waals surface area (Å²) < 4.78 is 0. The van der Waals surface area contributed by atoms with Gasteiger partial charge in [-0.05, 0) is 58.5 Å². The standard InChI is InChI=1S/C23H18N4O2/c28-17-5-1-3-14(11-17)13-24-27-23(29)21-12-20(25-26-21)18-10-9-16-8-7-15-4-2-6-19(18)22(15)16/h1-6,9-13,28H,7-8H2,(H,25,26)(H,27,29)/b24-13+. The van der Waals surface area contributed by atoms with Crippen LogP contribution in [0.25, 0.3) is 22.0 Å². The van der Waals surface area contributed by atoms with Gasteiger partial charge in [-0.3, -0.25) is 9.89 Å². The number of phenols is 1. The van der Waals surface area contributed by atoms with Crippen LogP contribution in [-0.4, -0.2) is 27.4 Å². The Morgan fingerprint density at radius 2 is 1.90 bits per heavy atom. The second-order valence-electron chi connectivity index (χ2n) is 7.07. The summed E-state index contributed by atoms with van der Waals surface area (Å²) in [4.78, 5) is 12.4. The number of aromatic amines is 1. The molecule has 1 aliphatic rings. The molecule has 3 N–H and O–H groups in total. The van der Waals surface area contributed by atoms with Gasteiger partial charge in [0.15, 0.2) is 0 Å². The molecule has 6 heteroatoms. The fraction of sp³-hybridized carbons (Fsp3) is 0.0870. The smallest absolute Gasteiger partial charge is 0.289 e. The minimum Gasteiger partial charge on any atom is -0.508 e. The third-order valence-corrected chi connectivity index (χ3v) is 5.23. The lowest BCUT2D eigenvalue weighted by Gasteiger charge is -2.06. The van der Waals surface area contributed by atoms with E-state index in [-0.39, 0.29) is 11.7 Å². The number of nitrogens with one attached hydrogen (secondary N) is 2. The second kappa shape index (κ2) is 6.91. The van der Waals surface area contributed by atoms with Crippen molar-refractivity contribution in [3.8, 4) is 17.0 Å². The molecule has 6 nitrogen and oxygen atoms in total. The Hall–Kier alpha value is -3.93. The van der Waals surface area contributed by atoms with Crippen LogP contribution < -0.4 is 5.43 Å². The van der Waals surface area contributed by atoms with Crippen molar-refractivity contribution in [1.29, 1.82) is 0 Å². The van der Waals surface area contributed by atoms with Gasteiger partial charge in [-0.2, -0.15) is 10.2 Å². The van der Waals surface area contributed by atoms with Gasteiger partial charge in [0.2, 0.25) is 0 Å². The zero-order chi connectivity index (χ0) is 19.8. The number of nitrogens with zero attached hydrogens (tertiary/aromatic N) is 2. The first-order chi connectivity index (χ1) is 14.2. The number of hydrazone groups is 1. The first kappa shape index (κ1) is 17.2. The molecule has 142 valence electrons. The highest BCUT2D eigenvalue weighted by Gasteiger charge is 2.18. The van der Waals surface area contributed by atoms with Crippen molar-refractivity contribution in [1.82, 2.24) is 15.6 Å². The zero-order valence-electron chi connectivity index (χ0n) is 15.5. The van der Waals surface area contributed by atoms with Crippen molar-refractivity contribution in [2.75, 3.05) is 0 Å². The van der Waals surface area contributed by atoms with Gasteiger partial charge in [0.05, 0.1) is 11.9 Å². The number of hydrogen-bond donors (Lipinski definition) is 3. The maximum atomic E-state index is 12.4. The molecule has 0 spiro atoms. The average Bonchev–Trinajstić information content (AvgIpc) is 3.37. The van der Waals surface area contributed by atoms with E-state index < -0.39 is 0 Å². The van der Waals surface area contributed by atoms with Crippen molar-refractivity contribution in [2.45, 2.75) is 12.8 Å². The van der Waals surface area contributed by atoms with Gasteiger partial charge in [0.25, 0.3) is 5.91 Å². The first-order valence-electron chi connectivity index (χ1n) is 9.41. The van der Waals surface area contributed by atoms with Gasteiger partial charge in [0.1, 0.15) is 11.4 Å². The van der Waals surface area contributed by atoms with E-state index in [1.807, 2.05) is 0 Å². The molecule has 0 atom stereocenters. The van der Waals surface area contributed by atoms with E-state index in [2.05, 4.69) is 51.1 Å². The number of aryl methyl sites for hydroxylation is 2. The number of carbonyl (C=O) groups is 1. The Morgan fingerprint density at radius 1 is 1.07 bits per heavy atom. The normalized spacial score (nSPS) is 12.7. The maximum absolute atomic E-state index is 12.4. The number of hydrogen-bond acceptors (Lipinski definition) is 4. The lowest BCUT2D eigenvalue weighted by atomic mass is 9.98. The highest BCUT2D eigenvalue weighted by Crippen LogP contribution is 2.36. The molecule has 3 aromatic carbocycles. The van der Waals surface area contributed by atoms with Crippen molar-refractivity contribution in [3.63, 3.8) is 0 Å². The summed E-state index contributed by atoms with van der Waals surface area (Å²) in [5, 5.41) is 23.0. The Balaban J connectivity index is 1.39. The Morgan fingerprint density at radius 3 is 2.76 bits per heavy atom. The van der Waals surface area contributed by atoms with E-state index in [1.54, 1.807) is 30.3 Å². The van der Waals surface area contributed by atoms with Crippen LogP contribution in [0.15, 0.2) is 65.8 Å². The fourth-order valence-electron chi connectivity index (χ4n) is 3.88. The number of phenolic OH excluding ortho intramolecular Hbond substituents is 1. The quantitative estimate of drug-likeness (QED) is 0.370. The lowest BCUT2D eigenvalue weighted by molar-refractivity contribution is 0.0950. The highest BCUT2D eigenvalue weighted by molar-refractivity contribution is 6.02. The van der Waals surface area contributed by atoms with Crippen LogP contribution in [0, 0.1) is 0 Å². The molecule has 1 aromatic heterocycles. The molecule has 0 unspecified atom stereocenters. The predicted molar refractivity (Wildman–Crippen MR) is 112 cm³/mol. The van der Waals surface area contributed by atoms with Crippen molar-refractivity contribution in [3.05, 3.63) is 83.0 Å². The van der Waals surface area contributed by atoms with Crippen LogP contribution in [0.4, 0.5) is 0 Å². The van der Waals surface area contributed by atoms with Gasteiger partial charge < -0.3 is 5.11 Å². The molecule has 4 aromatic rings. The molecular weight excluding hydrogens is 364 g/mol. The highest BCUT2D eigenvalue weighted by atomic mass is 16.3. The summed E-state index contributed by atoms with van der Waals surface area (Å²) in [6.45, 7) is 0. The topological polar surface area (TPSA) is 90.4 Å². The van der Waals surface area contributed by atoms with E-state index >= 15 is 0 Å². The number of rotatable bonds is 4. The molecule has 1 aliphatic carbocycles. The molecule has 0 saturated heterocycles. The second-order valence-corrected chi connectivity index (χ2v) is 7.07. The van der Waals surface area contributed by atoms with Gasteiger partial charge in [-0.25, -0.2) is 5.43 Å². The Labute approximate surface area is 166 Å². The molecule has 1 heterocycles. The Bertz CT molecular complexity index is 1260. The van der Waals surface area contributed by atoms with E-state index in [0.717, 1.165) is 29.5 Å². The summed E-state index contributed by atoms with van der Waals surface area (Å²) in [7, 11) is 0. The fourth-order valence-corrected chi connectivity index (χ4v) is 3.88. The number of carbonyl (C=O) groups excluding carboxylic acids is 1. The van der Waals surface area contributed by atoms with Gasteiger partial charge in [-0.1, -0.05) is 42.5 Å². The van der Waals surface area contributed by atoms with Crippen molar-refractivity contribution in [2.24, 2.45) is 5.10 Å². The number of benzene rings is 3. The van der Waals surface area contributed by atoms with E-state index in [4.69, 9.17) is 0 Å². The van der Waals surface area contributed by atoms with Crippen LogP contribution >= 0.6 is 0 Å².